The Morgan fingerprint density at radius 2 is 1.58 bits per heavy atom. The molecule has 2 aromatic carbocycles. The van der Waals surface area contributed by atoms with E-state index in [0.29, 0.717) is 11.6 Å². The third-order valence-corrected chi connectivity index (χ3v) is 3.05. The Morgan fingerprint density at radius 3 is 2.11 bits per heavy atom. The van der Waals surface area contributed by atoms with Gasteiger partial charge in [0.1, 0.15) is 17.6 Å². The van der Waals surface area contributed by atoms with Crippen molar-refractivity contribution >= 4 is 11.6 Å². The van der Waals surface area contributed by atoms with Crippen LogP contribution in [0.25, 0.3) is 0 Å². The molecular weight excluding hydrogens is 262 g/mol. The van der Waals surface area contributed by atoms with Crippen LogP contribution in [0.1, 0.15) is 11.7 Å². The van der Waals surface area contributed by atoms with Crippen molar-refractivity contribution in [2.45, 2.75) is 6.10 Å². The van der Waals surface area contributed by atoms with E-state index in [1.165, 1.54) is 0 Å². The lowest BCUT2D eigenvalue weighted by Crippen LogP contribution is -2.18. The second-order valence-electron chi connectivity index (χ2n) is 4.07. The van der Waals surface area contributed by atoms with E-state index in [9.17, 15) is 0 Å². The minimum Gasteiger partial charge on any atom is -0.497 e. The van der Waals surface area contributed by atoms with Gasteiger partial charge in [0.05, 0.1) is 7.11 Å². The summed E-state index contributed by atoms with van der Waals surface area (Å²) in [6.45, 7) is 0.398. The van der Waals surface area contributed by atoms with Gasteiger partial charge in [0.15, 0.2) is 0 Å². The quantitative estimate of drug-likeness (QED) is 0.911. The number of rotatable bonds is 5. The van der Waals surface area contributed by atoms with E-state index in [0.717, 1.165) is 17.1 Å². The van der Waals surface area contributed by atoms with Crippen molar-refractivity contribution in [2.24, 2.45) is 5.73 Å². The highest BCUT2D eigenvalue weighted by atomic mass is 35.5. The zero-order valence-electron chi connectivity index (χ0n) is 10.7. The van der Waals surface area contributed by atoms with Crippen molar-refractivity contribution in [3.63, 3.8) is 0 Å². The molecule has 0 spiro atoms. The first-order valence-corrected chi connectivity index (χ1v) is 6.37. The van der Waals surface area contributed by atoms with Crippen LogP contribution >= 0.6 is 11.6 Å². The second kappa shape index (κ2) is 6.45. The molecule has 0 aliphatic heterocycles. The Bertz CT molecular complexity index is 511. The monoisotopic (exact) mass is 277 g/mol. The summed E-state index contributed by atoms with van der Waals surface area (Å²) in [5, 5.41) is 0.682. The van der Waals surface area contributed by atoms with Gasteiger partial charge in [0, 0.05) is 11.6 Å². The van der Waals surface area contributed by atoms with E-state index in [2.05, 4.69) is 0 Å². The molecule has 0 fully saturated rings. The number of hydrogen-bond donors (Lipinski definition) is 1. The van der Waals surface area contributed by atoms with E-state index >= 15 is 0 Å². The van der Waals surface area contributed by atoms with E-state index in [1.54, 1.807) is 19.2 Å². The van der Waals surface area contributed by atoms with Gasteiger partial charge in [-0.05, 0) is 42.0 Å². The number of halogens is 1. The van der Waals surface area contributed by atoms with Crippen LogP contribution in [0.5, 0.6) is 11.5 Å². The minimum atomic E-state index is -0.188. The highest BCUT2D eigenvalue weighted by molar-refractivity contribution is 6.30. The van der Waals surface area contributed by atoms with Gasteiger partial charge in [0.2, 0.25) is 0 Å². The molecule has 0 saturated carbocycles. The molecule has 100 valence electrons. The van der Waals surface area contributed by atoms with Crippen LogP contribution in [0, 0.1) is 0 Å². The normalized spacial score (nSPS) is 11.9. The first-order chi connectivity index (χ1) is 9.22. The maximum atomic E-state index is 5.85. The molecule has 0 bridgehead atoms. The Labute approximate surface area is 117 Å². The van der Waals surface area contributed by atoms with Crippen LogP contribution in [0.15, 0.2) is 48.5 Å². The number of ether oxygens (including phenoxy) is 2. The van der Waals surface area contributed by atoms with Crippen molar-refractivity contribution in [1.29, 1.82) is 0 Å². The van der Waals surface area contributed by atoms with Gasteiger partial charge in [-0.3, -0.25) is 0 Å². The van der Waals surface area contributed by atoms with Crippen LogP contribution < -0.4 is 15.2 Å². The lowest BCUT2D eigenvalue weighted by molar-refractivity contribution is 0.214. The van der Waals surface area contributed by atoms with Gasteiger partial charge >= 0.3 is 0 Å². The fraction of sp³-hybridized carbons (Fsp3) is 0.200. The number of methoxy groups -OCH3 is 1. The van der Waals surface area contributed by atoms with Crippen LogP contribution in [0.2, 0.25) is 5.02 Å². The molecule has 19 heavy (non-hydrogen) atoms. The second-order valence-corrected chi connectivity index (χ2v) is 4.51. The smallest absolute Gasteiger partial charge is 0.136 e. The lowest BCUT2D eigenvalue weighted by atomic mass is 10.1. The van der Waals surface area contributed by atoms with Crippen LogP contribution in [-0.2, 0) is 0 Å². The summed E-state index contributed by atoms with van der Waals surface area (Å²) in [6, 6.07) is 14.9. The SMILES string of the molecule is COc1ccc(C(CN)Oc2ccc(Cl)cc2)cc1. The van der Waals surface area contributed by atoms with Crippen molar-refractivity contribution in [3.05, 3.63) is 59.1 Å². The van der Waals surface area contributed by atoms with E-state index in [4.69, 9.17) is 26.8 Å². The van der Waals surface area contributed by atoms with Crippen molar-refractivity contribution in [3.8, 4) is 11.5 Å². The zero-order valence-corrected chi connectivity index (χ0v) is 11.4. The molecule has 0 aromatic heterocycles. The summed E-state index contributed by atoms with van der Waals surface area (Å²) in [5.74, 6) is 1.56. The summed E-state index contributed by atoms with van der Waals surface area (Å²) in [6.07, 6.45) is -0.188. The topological polar surface area (TPSA) is 44.5 Å². The predicted octanol–water partition coefficient (Wildman–Crippen LogP) is 3.43. The molecule has 4 heteroatoms. The van der Waals surface area contributed by atoms with E-state index < -0.39 is 0 Å². The third-order valence-electron chi connectivity index (χ3n) is 2.79. The standard InChI is InChI=1S/C15H16ClNO2/c1-18-13-6-2-11(3-7-13)15(10-17)19-14-8-4-12(16)5-9-14/h2-9,15H,10,17H2,1H3. The molecule has 0 heterocycles. The first kappa shape index (κ1) is 13.7. The summed E-state index contributed by atoms with van der Waals surface area (Å²) in [4.78, 5) is 0. The largest absolute Gasteiger partial charge is 0.497 e. The minimum absolute atomic E-state index is 0.188. The fourth-order valence-corrected chi connectivity index (χ4v) is 1.87. The molecule has 0 amide bonds. The first-order valence-electron chi connectivity index (χ1n) is 5.99. The predicted molar refractivity (Wildman–Crippen MR) is 76.9 cm³/mol. The maximum Gasteiger partial charge on any atom is 0.136 e. The highest BCUT2D eigenvalue weighted by Gasteiger charge is 2.11. The molecule has 3 nitrogen and oxygen atoms in total. The maximum absolute atomic E-state index is 5.85. The van der Waals surface area contributed by atoms with Gasteiger partial charge in [-0.2, -0.15) is 0 Å². The van der Waals surface area contributed by atoms with Crippen molar-refractivity contribution in [1.82, 2.24) is 0 Å². The summed E-state index contributed by atoms with van der Waals surface area (Å²) in [5.41, 5.74) is 6.78. The van der Waals surface area contributed by atoms with Crippen LogP contribution in [0.3, 0.4) is 0 Å². The van der Waals surface area contributed by atoms with Gasteiger partial charge in [-0.1, -0.05) is 23.7 Å². The van der Waals surface area contributed by atoms with E-state index in [1.807, 2.05) is 36.4 Å². The van der Waals surface area contributed by atoms with Crippen LogP contribution in [-0.4, -0.2) is 13.7 Å². The Hall–Kier alpha value is -1.71. The zero-order chi connectivity index (χ0) is 13.7. The molecule has 1 atom stereocenters. The Kier molecular flexibility index (Phi) is 4.66. The van der Waals surface area contributed by atoms with Gasteiger partial charge in [0.25, 0.3) is 0 Å². The van der Waals surface area contributed by atoms with Gasteiger partial charge in [-0.25, -0.2) is 0 Å². The summed E-state index contributed by atoms with van der Waals surface area (Å²) < 4.78 is 11.0. The lowest BCUT2D eigenvalue weighted by Gasteiger charge is -2.18. The number of benzene rings is 2. The average Bonchev–Trinajstić information content (AvgIpc) is 2.47. The molecule has 0 saturated heterocycles. The molecule has 2 aromatic rings. The van der Waals surface area contributed by atoms with Gasteiger partial charge < -0.3 is 15.2 Å². The van der Waals surface area contributed by atoms with Gasteiger partial charge in [-0.15, -0.1) is 0 Å². The molecule has 1 unspecified atom stereocenters. The summed E-state index contributed by atoms with van der Waals surface area (Å²) in [7, 11) is 1.64. The molecule has 2 rings (SSSR count). The Balaban J connectivity index is 2.12. The molecule has 0 aliphatic carbocycles. The fourth-order valence-electron chi connectivity index (χ4n) is 1.75. The molecule has 0 radical (unpaired) electrons. The third kappa shape index (κ3) is 3.63. The average molecular weight is 278 g/mol. The van der Waals surface area contributed by atoms with E-state index in [-0.39, 0.29) is 6.10 Å². The number of hydrogen-bond acceptors (Lipinski definition) is 3. The van der Waals surface area contributed by atoms with Crippen molar-refractivity contribution < 1.29 is 9.47 Å². The van der Waals surface area contributed by atoms with Crippen molar-refractivity contribution in [2.75, 3.05) is 13.7 Å². The Morgan fingerprint density at radius 1 is 1.00 bits per heavy atom. The molecule has 2 N–H and O–H groups in total. The molecular formula is C15H16ClNO2. The molecule has 0 aliphatic rings. The number of nitrogens with two attached hydrogens (primary N) is 1. The highest BCUT2D eigenvalue weighted by Crippen LogP contribution is 2.24. The summed E-state index contributed by atoms with van der Waals surface area (Å²) >= 11 is 5.84. The van der Waals surface area contributed by atoms with Crippen LogP contribution in [0.4, 0.5) is 0 Å².